The highest BCUT2D eigenvalue weighted by Gasteiger charge is 2.24. The van der Waals surface area contributed by atoms with Crippen LogP contribution in [-0.4, -0.2) is 28.8 Å². The fourth-order valence-electron chi connectivity index (χ4n) is 0.449. The van der Waals surface area contributed by atoms with Crippen LogP contribution in [0.2, 0.25) is 0 Å². The van der Waals surface area contributed by atoms with Crippen molar-refractivity contribution in [2.75, 3.05) is 0 Å². The van der Waals surface area contributed by atoms with E-state index in [2.05, 4.69) is 4.74 Å². The van der Waals surface area contributed by atoms with Gasteiger partial charge in [0.1, 0.15) is 18.6 Å². The summed E-state index contributed by atoms with van der Waals surface area (Å²) in [5, 5.41) is 7.86. The lowest BCUT2D eigenvalue weighted by Crippen LogP contribution is -2.26. The van der Waals surface area contributed by atoms with E-state index in [0.717, 1.165) is 0 Å². The molecule has 1 fully saturated rings. The van der Waals surface area contributed by atoms with Crippen LogP contribution in [0.5, 0.6) is 0 Å². The van der Waals surface area contributed by atoms with Crippen LogP contribution in [-0.2, 0) is 23.9 Å². The Labute approximate surface area is 73.5 Å². The van der Waals surface area contributed by atoms with Gasteiger partial charge in [-0.3, -0.25) is 19.2 Å². The predicted octanol–water partition coefficient (Wildman–Crippen LogP) is -0.490. The van der Waals surface area contributed by atoms with Crippen LogP contribution in [0.4, 0.5) is 0 Å². The highest BCUT2D eigenvalue weighted by atomic mass is 16.6. The van der Waals surface area contributed by atoms with Crippen molar-refractivity contribution in [1.82, 2.24) is 0 Å². The van der Waals surface area contributed by atoms with Crippen LogP contribution < -0.4 is 0 Å². The Morgan fingerprint density at radius 2 is 1.77 bits per heavy atom. The van der Waals surface area contributed by atoms with Crippen LogP contribution in [0.3, 0.4) is 0 Å². The van der Waals surface area contributed by atoms with Gasteiger partial charge in [-0.05, 0) is 6.92 Å². The first-order chi connectivity index (χ1) is 5.91. The second kappa shape index (κ2) is 5.02. The molecule has 0 spiro atoms. The summed E-state index contributed by atoms with van der Waals surface area (Å²) in [5.74, 6) is -2.21. The largest absolute Gasteiger partial charge is 0.481 e. The van der Waals surface area contributed by atoms with Crippen molar-refractivity contribution in [2.45, 2.75) is 19.8 Å². The maximum atomic E-state index is 9.87. The molecule has 1 saturated heterocycles. The normalized spacial score (nSPS) is 13.3. The molecule has 0 bridgehead atoms. The van der Waals surface area contributed by atoms with E-state index in [1.807, 2.05) is 0 Å². The van der Waals surface area contributed by atoms with Gasteiger partial charge in [0.25, 0.3) is 0 Å². The molecule has 1 aliphatic heterocycles. The fourth-order valence-corrected chi connectivity index (χ4v) is 0.449. The van der Waals surface area contributed by atoms with Gasteiger partial charge >= 0.3 is 17.9 Å². The number of hydrogen-bond donors (Lipinski definition) is 1. The molecule has 0 radical (unpaired) electrons. The first kappa shape index (κ1) is 11.3. The Morgan fingerprint density at radius 3 is 1.77 bits per heavy atom. The van der Waals surface area contributed by atoms with Gasteiger partial charge in [0.15, 0.2) is 0 Å². The van der Waals surface area contributed by atoms with Crippen molar-refractivity contribution in [3.05, 3.63) is 0 Å². The summed E-state index contributed by atoms with van der Waals surface area (Å²) in [6.07, 6.45) is -0.389. The van der Waals surface area contributed by atoms with Gasteiger partial charge in [0, 0.05) is 0 Å². The second-order valence-corrected chi connectivity index (χ2v) is 2.30. The zero-order chi connectivity index (χ0) is 10.4. The lowest BCUT2D eigenvalue weighted by Gasteiger charge is -2.06. The Morgan fingerprint density at radius 1 is 1.38 bits per heavy atom. The number of carbonyl (C=O) groups excluding carboxylic acids is 3. The number of carboxylic acids is 1. The number of esters is 2. The molecule has 0 amide bonds. The summed E-state index contributed by atoms with van der Waals surface area (Å²) in [6, 6.07) is 0. The van der Waals surface area contributed by atoms with Gasteiger partial charge in [-0.25, -0.2) is 0 Å². The summed E-state index contributed by atoms with van der Waals surface area (Å²) in [7, 11) is 0. The molecule has 0 aliphatic carbocycles. The van der Waals surface area contributed by atoms with E-state index in [0.29, 0.717) is 0 Å². The van der Waals surface area contributed by atoms with Gasteiger partial charge in [-0.2, -0.15) is 0 Å². The molecule has 0 aromatic heterocycles. The van der Waals surface area contributed by atoms with E-state index in [1.54, 1.807) is 0 Å². The number of carbonyl (C=O) groups is 4. The molecule has 0 atom stereocenters. The molecular formula is C7H8O6. The van der Waals surface area contributed by atoms with E-state index in [1.165, 1.54) is 6.92 Å². The summed E-state index contributed by atoms with van der Waals surface area (Å²) in [5.41, 5.74) is 0. The number of cyclic esters (lactones) is 2. The van der Waals surface area contributed by atoms with E-state index in [-0.39, 0.29) is 18.6 Å². The van der Waals surface area contributed by atoms with Crippen molar-refractivity contribution in [3.8, 4) is 0 Å². The maximum absolute atomic E-state index is 9.87. The molecule has 0 saturated carbocycles. The van der Waals surface area contributed by atoms with Crippen LogP contribution in [0, 0.1) is 0 Å². The number of aliphatic carboxylic acids is 1. The van der Waals surface area contributed by atoms with Gasteiger partial charge in [-0.1, -0.05) is 0 Å². The Bertz CT molecular complexity index is 220. The second-order valence-electron chi connectivity index (χ2n) is 2.30. The highest BCUT2D eigenvalue weighted by Crippen LogP contribution is 2.00. The molecule has 1 rings (SSSR count). The molecule has 0 aromatic rings. The third kappa shape index (κ3) is 6.67. The molecule has 0 unspecified atom stereocenters. The Kier molecular flexibility index (Phi) is 4.36. The number of ketones is 1. The quantitative estimate of drug-likeness (QED) is 0.463. The van der Waals surface area contributed by atoms with E-state index in [9.17, 15) is 19.2 Å². The molecule has 6 nitrogen and oxygen atoms in total. The molecule has 0 aromatic carbocycles. The van der Waals surface area contributed by atoms with Crippen molar-refractivity contribution in [1.29, 1.82) is 0 Å². The summed E-state index contributed by atoms with van der Waals surface area (Å²) in [6.45, 7) is 1.24. The summed E-state index contributed by atoms with van der Waals surface area (Å²) < 4.78 is 3.86. The highest BCUT2D eigenvalue weighted by molar-refractivity contribution is 6.06. The molecule has 1 N–H and O–H groups in total. The van der Waals surface area contributed by atoms with Crippen molar-refractivity contribution in [3.63, 3.8) is 0 Å². The summed E-state index contributed by atoms with van der Waals surface area (Å²) >= 11 is 0. The first-order valence-corrected chi connectivity index (χ1v) is 3.36. The lowest BCUT2D eigenvalue weighted by atomic mass is 10.3. The van der Waals surface area contributed by atoms with Gasteiger partial charge in [0.2, 0.25) is 0 Å². The number of carboxylic acid groups (broad SMARTS) is 1. The average Bonchev–Trinajstić information content (AvgIpc) is 1.82. The zero-order valence-corrected chi connectivity index (χ0v) is 6.90. The van der Waals surface area contributed by atoms with Gasteiger partial charge < -0.3 is 9.84 Å². The molecule has 6 heteroatoms. The molecule has 13 heavy (non-hydrogen) atoms. The van der Waals surface area contributed by atoms with Crippen LogP contribution in [0.15, 0.2) is 0 Å². The standard InChI is InChI=1S/C4H6O3.C3H2O3/c1-3(5)2-4(6)7;4-2-1-3(5)6-2/h2H2,1H3,(H,6,7);1H2. The first-order valence-electron chi connectivity index (χ1n) is 3.36. The smallest absolute Gasteiger partial charge is 0.324 e. The van der Waals surface area contributed by atoms with Crippen LogP contribution in [0.25, 0.3) is 0 Å². The van der Waals surface area contributed by atoms with E-state index < -0.39 is 17.9 Å². The van der Waals surface area contributed by atoms with E-state index >= 15 is 0 Å². The average molecular weight is 188 g/mol. The molecule has 1 aliphatic rings. The number of hydrogen-bond acceptors (Lipinski definition) is 5. The number of Topliss-reactive ketones (excluding diaryl/α,β-unsaturated/α-hetero) is 1. The fraction of sp³-hybridized carbons (Fsp3) is 0.429. The third-order valence-corrected chi connectivity index (χ3v) is 0.917. The lowest BCUT2D eigenvalue weighted by molar-refractivity contribution is -0.174. The monoisotopic (exact) mass is 188 g/mol. The molecule has 72 valence electrons. The number of ether oxygens (including phenoxy) is 1. The SMILES string of the molecule is CC(=O)CC(=O)O.O=C1CC(=O)O1. The predicted molar refractivity (Wildman–Crippen MR) is 38.6 cm³/mol. The number of rotatable bonds is 2. The van der Waals surface area contributed by atoms with Crippen molar-refractivity contribution >= 4 is 23.7 Å². The van der Waals surface area contributed by atoms with Gasteiger partial charge in [-0.15, -0.1) is 0 Å². The summed E-state index contributed by atoms with van der Waals surface area (Å²) in [4.78, 5) is 38.8. The minimum atomic E-state index is -1.06. The van der Waals surface area contributed by atoms with Crippen molar-refractivity contribution in [2.24, 2.45) is 0 Å². The van der Waals surface area contributed by atoms with Crippen molar-refractivity contribution < 1.29 is 29.0 Å². The topological polar surface area (TPSA) is 97.7 Å². The van der Waals surface area contributed by atoms with Crippen LogP contribution >= 0.6 is 0 Å². The third-order valence-electron chi connectivity index (χ3n) is 0.917. The van der Waals surface area contributed by atoms with Crippen LogP contribution in [0.1, 0.15) is 19.8 Å². The minimum absolute atomic E-state index is 0.0278. The Hall–Kier alpha value is -1.72. The molecular weight excluding hydrogens is 180 g/mol. The van der Waals surface area contributed by atoms with Gasteiger partial charge in [0.05, 0.1) is 0 Å². The maximum Gasteiger partial charge on any atom is 0.324 e. The molecule has 1 heterocycles. The van der Waals surface area contributed by atoms with E-state index in [4.69, 9.17) is 5.11 Å². The minimum Gasteiger partial charge on any atom is -0.481 e. The zero-order valence-electron chi connectivity index (χ0n) is 6.90. The Balaban J connectivity index is 0.000000223.